The first kappa shape index (κ1) is 9.65. The molecule has 0 aliphatic rings. The first-order chi connectivity index (χ1) is 5.20. The van der Waals surface area contributed by atoms with Crippen LogP contribution < -0.4 is 5.32 Å². The van der Waals surface area contributed by atoms with Crippen LogP contribution in [-0.2, 0) is 9.94 Å². The molecule has 1 radical (unpaired) electrons. The lowest BCUT2D eigenvalue weighted by Gasteiger charge is -1.95. The van der Waals surface area contributed by atoms with E-state index in [1.165, 1.54) is 0 Å². The minimum Gasteiger partial charge on any atom is -0.394 e. The van der Waals surface area contributed by atoms with Crippen molar-refractivity contribution in [3.63, 3.8) is 0 Å². The Hall–Kier alpha value is -1.35. The topological polar surface area (TPSA) is 77.3 Å². The fraction of sp³-hybridized carbons (Fsp3) is 0.400. The van der Waals surface area contributed by atoms with E-state index >= 15 is 0 Å². The van der Waals surface area contributed by atoms with Crippen LogP contribution in [0.1, 0.15) is 6.92 Å². The van der Waals surface area contributed by atoms with Crippen LogP contribution in [0.3, 0.4) is 0 Å². The van der Waals surface area contributed by atoms with Gasteiger partial charge in [-0.05, 0) is 19.1 Å². The summed E-state index contributed by atoms with van der Waals surface area (Å²) < 4.78 is 0. The van der Waals surface area contributed by atoms with Gasteiger partial charge in [-0.15, -0.1) is 0 Å². The van der Waals surface area contributed by atoms with Gasteiger partial charge < -0.3 is 4.84 Å². The van der Waals surface area contributed by atoms with Crippen molar-refractivity contribution in [3.05, 3.63) is 0 Å². The van der Waals surface area contributed by atoms with Crippen LogP contribution >= 0.6 is 12.2 Å². The van der Waals surface area contributed by atoms with Crippen LogP contribution in [0.4, 0.5) is 0 Å². The molecule has 6 heteroatoms. The fourth-order valence-electron chi connectivity index (χ4n) is 0.297. The minimum atomic E-state index is -0.759. The third-order valence-electron chi connectivity index (χ3n) is 0.611. The van der Waals surface area contributed by atoms with Crippen LogP contribution in [-0.4, -0.2) is 17.6 Å². The molecule has 59 valence electrons. The molecule has 1 N–H and O–H groups in total. The molecule has 0 heterocycles. The van der Waals surface area contributed by atoms with E-state index in [4.69, 9.17) is 5.26 Å². The van der Waals surface area contributed by atoms with Crippen LogP contribution in [0.5, 0.6) is 0 Å². The maximum absolute atomic E-state index is 10.2. The van der Waals surface area contributed by atoms with Gasteiger partial charge in [-0.3, -0.25) is 10.4 Å². The normalized spacial score (nSPS) is 10.0. The van der Waals surface area contributed by atoms with E-state index in [2.05, 4.69) is 22.2 Å². The van der Waals surface area contributed by atoms with E-state index < -0.39 is 5.17 Å². The van der Waals surface area contributed by atoms with Crippen molar-refractivity contribution in [1.29, 1.82) is 5.26 Å². The van der Waals surface area contributed by atoms with E-state index in [0.717, 1.165) is 0 Å². The van der Waals surface area contributed by atoms with Crippen LogP contribution in [0.15, 0.2) is 5.16 Å². The van der Waals surface area contributed by atoms with Gasteiger partial charge >= 0.3 is 5.17 Å². The highest BCUT2D eigenvalue weighted by Gasteiger charge is 1.99. The molecular formula is C5H6N3O2S. The molecule has 0 aromatic carbocycles. The zero-order valence-electron chi connectivity index (χ0n) is 5.83. The molecule has 0 saturated carbocycles. The lowest BCUT2D eigenvalue weighted by atomic mass is 10.7. The SMILES string of the molecule is CCON=C(C#N)NC([O])=S. The van der Waals surface area contributed by atoms with Crippen LogP contribution in [0.2, 0.25) is 0 Å². The third kappa shape index (κ3) is 5.11. The Bertz CT molecular complexity index is 208. The van der Waals surface area contributed by atoms with Crippen molar-refractivity contribution in [1.82, 2.24) is 5.32 Å². The van der Waals surface area contributed by atoms with Gasteiger partial charge in [-0.25, -0.2) is 0 Å². The van der Waals surface area contributed by atoms with Gasteiger partial charge in [-0.1, -0.05) is 5.16 Å². The Morgan fingerprint density at radius 1 is 1.91 bits per heavy atom. The highest BCUT2D eigenvalue weighted by Crippen LogP contribution is 1.77. The highest BCUT2D eigenvalue weighted by molar-refractivity contribution is 7.79. The number of nitriles is 1. The van der Waals surface area contributed by atoms with Gasteiger partial charge in [0, 0.05) is 0 Å². The largest absolute Gasteiger partial charge is 0.394 e. The molecule has 5 nitrogen and oxygen atoms in total. The molecule has 0 aromatic rings. The van der Waals surface area contributed by atoms with Crippen LogP contribution in [0, 0.1) is 11.3 Å². The zero-order valence-corrected chi connectivity index (χ0v) is 6.64. The number of hydrogen-bond donors (Lipinski definition) is 1. The van der Waals surface area contributed by atoms with Crippen molar-refractivity contribution in [2.24, 2.45) is 5.16 Å². The van der Waals surface area contributed by atoms with Gasteiger partial charge in [0.05, 0.1) is 0 Å². The van der Waals surface area contributed by atoms with E-state index in [-0.39, 0.29) is 5.84 Å². The molecule has 0 saturated heterocycles. The highest BCUT2D eigenvalue weighted by atomic mass is 32.1. The van der Waals surface area contributed by atoms with Crippen LogP contribution in [0.25, 0.3) is 0 Å². The molecule has 0 atom stereocenters. The molecular weight excluding hydrogens is 166 g/mol. The molecule has 0 fully saturated rings. The first-order valence-corrected chi connectivity index (χ1v) is 3.19. The van der Waals surface area contributed by atoms with E-state index in [1.54, 1.807) is 13.0 Å². The molecule has 0 aliphatic carbocycles. The quantitative estimate of drug-likeness (QED) is 0.278. The molecule has 0 rings (SSSR count). The van der Waals surface area contributed by atoms with Gasteiger partial charge in [0.15, 0.2) is 0 Å². The Balaban J connectivity index is 3.97. The summed E-state index contributed by atoms with van der Waals surface area (Å²) in [7, 11) is 0. The second-order valence-electron chi connectivity index (χ2n) is 1.38. The molecule has 0 bridgehead atoms. The predicted octanol–water partition coefficient (Wildman–Crippen LogP) is 0.165. The van der Waals surface area contributed by atoms with Crippen molar-refractivity contribution in [2.45, 2.75) is 6.92 Å². The zero-order chi connectivity index (χ0) is 8.69. The summed E-state index contributed by atoms with van der Waals surface area (Å²) >= 11 is 4.13. The average molecular weight is 172 g/mol. The summed E-state index contributed by atoms with van der Waals surface area (Å²) in [6, 6.07) is 1.59. The molecule has 0 unspecified atom stereocenters. The maximum Gasteiger partial charge on any atom is 0.316 e. The third-order valence-corrected chi connectivity index (χ3v) is 0.713. The Morgan fingerprint density at radius 3 is 2.91 bits per heavy atom. The maximum atomic E-state index is 10.2. The predicted molar refractivity (Wildman–Crippen MR) is 41.1 cm³/mol. The number of rotatable bonds is 2. The smallest absolute Gasteiger partial charge is 0.316 e. The summed E-state index contributed by atoms with van der Waals surface area (Å²) in [5, 5.41) is 23.0. The van der Waals surface area contributed by atoms with Gasteiger partial charge in [-0.2, -0.15) is 5.26 Å². The summed E-state index contributed by atoms with van der Waals surface area (Å²) in [4.78, 5) is 4.49. The summed E-state index contributed by atoms with van der Waals surface area (Å²) in [6.07, 6.45) is 0. The summed E-state index contributed by atoms with van der Waals surface area (Å²) in [5.74, 6) is -0.230. The molecule has 0 amide bonds. The Labute approximate surface area is 69.3 Å². The number of thiocarbonyl (C=S) groups is 1. The van der Waals surface area contributed by atoms with Gasteiger partial charge in [0.2, 0.25) is 0 Å². The molecule has 0 spiro atoms. The summed E-state index contributed by atoms with van der Waals surface area (Å²) in [6.45, 7) is 2.03. The summed E-state index contributed by atoms with van der Waals surface area (Å²) in [5.41, 5.74) is 0. The Kier molecular flexibility index (Phi) is 4.77. The first-order valence-electron chi connectivity index (χ1n) is 2.78. The molecule has 0 aliphatic heterocycles. The second-order valence-corrected chi connectivity index (χ2v) is 1.75. The van der Waals surface area contributed by atoms with Gasteiger partial charge in [0.25, 0.3) is 5.84 Å². The minimum absolute atomic E-state index is 0.230. The lowest BCUT2D eigenvalue weighted by molar-refractivity contribution is 0.158. The van der Waals surface area contributed by atoms with E-state index in [1.807, 2.05) is 5.32 Å². The van der Waals surface area contributed by atoms with Crippen molar-refractivity contribution in [3.8, 4) is 6.07 Å². The van der Waals surface area contributed by atoms with E-state index in [0.29, 0.717) is 6.61 Å². The van der Waals surface area contributed by atoms with Crippen molar-refractivity contribution < 1.29 is 9.94 Å². The molecule has 11 heavy (non-hydrogen) atoms. The van der Waals surface area contributed by atoms with Crippen molar-refractivity contribution >= 4 is 23.2 Å². The number of oxime groups is 1. The fourth-order valence-corrected chi connectivity index (χ4v) is 0.394. The van der Waals surface area contributed by atoms with Gasteiger partial charge in [0.1, 0.15) is 12.7 Å². The van der Waals surface area contributed by atoms with Crippen molar-refractivity contribution in [2.75, 3.05) is 6.61 Å². The number of nitrogens with one attached hydrogen (secondary N) is 1. The molecule has 0 aromatic heterocycles. The number of nitrogens with zero attached hydrogens (tertiary/aromatic N) is 2. The number of hydrogen-bond acceptors (Lipinski definition) is 4. The number of amidine groups is 1. The lowest BCUT2D eigenvalue weighted by Crippen LogP contribution is -2.26. The Morgan fingerprint density at radius 2 is 2.55 bits per heavy atom. The standard InChI is InChI=1S/C5H6N3O2S/c1-2-10-8-4(3-6)7-5(9)11/h2H2,1H3,(H,7,8,11). The monoisotopic (exact) mass is 172 g/mol. The average Bonchev–Trinajstić information content (AvgIpc) is 1.97. The van der Waals surface area contributed by atoms with E-state index in [9.17, 15) is 5.11 Å². The second kappa shape index (κ2) is 5.44.